The molecule has 0 aliphatic rings. The van der Waals surface area contributed by atoms with Crippen molar-refractivity contribution in [3.8, 4) is 5.75 Å². The first-order valence-corrected chi connectivity index (χ1v) is 6.65. The Kier molecular flexibility index (Phi) is 6.31. The topological polar surface area (TPSA) is 21.3 Å². The van der Waals surface area contributed by atoms with Gasteiger partial charge in [0.25, 0.3) is 0 Å². The molecule has 16 heavy (non-hydrogen) atoms. The molecule has 0 aromatic heterocycles. The molecule has 0 atom stereocenters. The fourth-order valence-corrected chi connectivity index (χ4v) is 2.77. The Balaban J connectivity index is 2.80. The Morgan fingerprint density at radius 1 is 1.31 bits per heavy atom. The van der Waals surface area contributed by atoms with E-state index in [-0.39, 0.29) is 6.61 Å². The average Bonchev–Trinajstić information content (AvgIpc) is 2.25. The molecule has 2 nitrogen and oxygen atoms in total. The van der Waals surface area contributed by atoms with Gasteiger partial charge < -0.3 is 10.1 Å². The van der Waals surface area contributed by atoms with E-state index in [2.05, 4.69) is 44.1 Å². The number of benzene rings is 1. The summed E-state index contributed by atoms with van der Waals surface area (Å²) >= 11 is 6.83. The molecule has 0 saturated heterocycles. The first-order valence-electron chi connectivity index (χ1n) is 5.06. The van der Waals surface area contributed by atoms with Gasteiger partial charge in [-0.15, -0.1) is 0 Å². The van der Waals surface area contributed by atoms with E-state index in [1.165, 1.54) is 0 Å². The van der Waals surface area contributed by atoms with E-state index >= 15 is 0 Å². The van der Waals surface area contributed by atoms with Crippen molar-refractivity contribution in [3.63, 3.8) is 0 Å². The van der Waals surface area contributed by atoms with Gasteiger partial charge in [-0.05, 0) is 56.1 Å². The minimum Gasteiger partial charge on any atom is -0.488 e. The van der Waals surface area contributed by atoms with E-state index in [0.717, 1.165) is 27.6 Å². The van der Waals surface area contributed by atoms with Crippen molar-refractivity contribution in [1.29, 1.82) is 0 Å². The van der Waals surface area contributed by atoms with Crippen molar-refractivity contribution >= 4 is 31.9 Å². The van der Waals surface area contributed by atoms with Crippen LogP contribution in [0.15, 0.2) is 21.1 Å². The normalized spacial score (nSPS) is 10.5. The number of alkyl halides is 1. The Morgan fingerprint density at radius 2 is 1.94 bits per heavy atom. The van der Waals surface area contributed by atoms with Crippen molar-refractivity contribution in [3.05, 3.63) is 26.6 Å². The number of rotatable bonds is 6. The van der Waals surface area contributed by atoms with Crippen molar-refractivity contribution in [2.75, 3.05) is 19.8 Å². The Hall–Kier alpha value is -0.130. The van der Waals surface area contributed by atoms with Gasteiger partial charge >= 0.3 is 0 Å². The van der Waals surface area contributed by atoms with Crippen LogP contribution in [0.3, 0.4) is 0 Å². The summed E-state index contributed by atoms with van der Waals surface area (Å²) < 4.78 is 19.0. The predicted octanol–water partition coefficient (Wildman–Crippen LogP) is 3.67. The fourth-order valence-electron chi connectivity index (χ4n) is 1.26. The van der Waals surface area contributed by atoms with E-state index in [4.69, 9.17) is 4.74 Å². The molecule has 1 rings (SSSR count). The molecule has 5 heteroatoms. The summed E-state index contributed by atoms with van der Waals surface area (Å²) in [5.41, 5.74) is 1.15. The maximum Gasteiger partial charge on any atom is 0.147 e. The first kappa shape index (κ1) is 13.9. The van der Waals surface area contributed by atoms with Gasteiger partial charge in [-0.25, -0.2) is 4.39 Å². The zero-order valence-corrected chi connectivity index (χ0v) is 12.2. The number of halogens is 3. The van der Waals surface area contributed by atoms with E-state index in [9.17, 15) is 4.39 Å². The largest absolute Gasteiger partial charge is 0.488 e. The van der Waals surface area contributed by atoms with Crippen LogP contribution in [0.5, 0.6) is 5.75 Å². The Bertz CT molecular complexity index is 324. The summed E-state index contributed by atoms with van der Waals surface area (Å²) in [7, 11) is 0. The van der Waals surface area contributed by atoms with Gasteiger partial charge in [0.1, 0.15) is 19.0 Å². The van der Waals surface area contributed by atoms with Crippen LogP contribution in [-0.2, 0) is 6.54 Å². The van der Waals surface area contributed by atoms with Crippen LogP contribution < -0.4 is 10.1 Å². The van der Waals surface area contributed by atoms with Crippen molar-refractivity contribution in [1.82, 2.24) is 5.32 Å². The van der Waals surface area contributed by atoms with Crippen molar-refractivity contribution < 1.29 is 9.13 Å². The third-order valence-corrected chi connectivity index (χ3v) is 3.14. The highest BCUT2D eigenvalue weighted by molar-refractivity contribution is 9.11. The monoisotopic (exact) mass is 353 g/mol. The summed E-state index contributed by atoms with van der Waals surface area (Å²) in [6.45, 7) is 3.37. The minimum atomic E-state index is -0.488. The maximum atomic E-state index is 12.0. The summed E-state index contributed by atoms with van der Waals surface area (Å²) in [6.07, 6.45) is 0. The number of hydrogen-bond donors (Lipinski definition) is 1. The quantitative estimate of drug-likeness (QED) is 0.841. The molecule has 0 heterocycles. The molecule has 1 aromatic carbocycles. The van der Waals surface area contributed by atoms with E-state index < -0.39 is 6.67 Å². The predicted molar refractivity (Wildman–Crippen MR) is 70.7 cm³/mol. The van der Waals surface area contributed by atoms with E-state index in [1.54, 1.807) is 0 Å². The fraction of sp³-hybridized carbons (Fsp3) is 0.455. The van der Waals surface area contributed by atoms with Crippen LogP contribution in [0.25, 0.3) is 0 Å². The van der Waals surface area contributed by atoms with Crippen LogP contribution in [0.2, 0.25) is 0 Å². The zero-order chi connectivity index (χ0) is 12.0. The van der Waals surface area contributed by atoms with Gasteiger partial charge in [-0.3, -0.25) is 0 Å². The highest BCUT2D eigenvalue weighted by Gasteiger charge is 2.08. The molecule has 0 radical (unpaired) electrons. The molecule has 1 aromatic rings. The van der Waals surface area contributed by atoms with Gasteiger partial charge in [-0.2, -0.15) is 0 Å². The third-order valence-electron chi connectivity index (χ3n) is 1.96. The third kappa shape index (κ3) is 4.03. The summed E-state index contributed by atoms with van der Waals surface area (Å²) in [5.74, 6) is 0.651. The number of hydrogen-bond acceptors (Lipinski definition) is 2. The lowest BCUT2D eigenvalue weighted by atomic mass is 10.2. The summed E-state index contributed by atoms with van der Waals surface area (Å²) in [5, 5.41) is 3.24. The molecular weight excluding hydrogens is 341 g/mol. The van der Waals surface area contributed by atoms with Gasteiger partial charge in [0.2, 0.25) is 0 Å². The second kappa shape index (κ2) is 7.25. The van der Waals surface area contributed by atoms with Crippen LogP contribution in [0, 0.1) is 0 Å². The van der Waals surface area contributed by atoms with Gasteiger partial charge in [-0.1, -0.05) is 6.92 Å². The Morgan fingerprint density at radius 3 is 2.44 bits per heavy atom. The molecule has 0 aliphatic carbocycles. The van der Waals surface area contributed by atoms with Gasteiger partial charge in [0.05, 0.1) is 8.95 Å². The molecule has 0 saturated carbocycles. The molecule has 1 N–H and O–H groups in total. The number of nitrogens with one attached hydrogen (secondary N) is 1. The second-order valence-corrected chi connectivity index (χ2v) is 4.92. The van der Waals surface area contributed by atoms with E-state index in [0.29, 0.717) is 5.75 Å². The molecule has 0 spiro atoms. The maximum absolute atomic E-state index is 12.0. The molecule has 0 unspecified atom stereocenters. The van der Waals surface area contributed by atoms with Crippen LogP contribution >= 0.6 is 31.9 Å². The molecule has 0 amide bonds. The zero-order valence-electron chi connectivity index (χ0n) is 9.03. The minimum absolute atomic E-state index is 0.0732. The first-order chi connectivity index (χ1) is 7.69. The standard InChI is InChI=1S/C11H14Br2FNO/c1-2-15-7-8-5-9(12)11(10(13)6-8)16-4-3-14/h5-6,15H,2-4,7H2,1H3. The van der Waals surface area contributed by atoms with Gasteiger partial charge in [0.15, 0.2) is 0 Å². The number of ether oxygens (including phenoxy) is 1. The molecule has 0 aliphatic heterocycles. The Labute approximate surface area is 112 Å². The highest BCUT2D eigenvalue weighted by Crippen LogP contribution is 2.34. The molecule has 90 valence electrons. The lowest BCUT2D eigenvalue weighted by Gasteiger charge is -2.11. The highest BCUT2D eigenvalue weighted by atomic mass is 79.9. The van der Waals surface area contributed by atoms with Gasteiger partial charge in [0, 0.05) is 6.54 Å². The second-order valence-electron chi connectivity index (χ2n) is 3.21. The summed E-state index contributed by atoms with van der Waals surface area (Å²) in [6, 6.07) is 3.95. The lowest BCUT2D eigenvalue weighted by molar-refractivity contribution is 0.270. The SMILES string of the molecule is CCNCc1cc(Br)c(OCCF)c(Br)c1. The van der Waals surface area contributed by atoms with Crippen LogP contribution in [-0.4, -0.2) is 19.8 Å². The molecule has 0 bridgehead atoms. The smallest absolute Gasteiger partial charge is 0.147 e. The lowest BCUT2D eigenvalue weighted by Crippen LogP contribution is -2.11. The average molecular weight is 355 g/mol. The molecule has 0 fully saturated rings. The van der Waals surface area contributed by atoms with Crippen LogP contribution in [0.4, 0.5) is 4.39 Å². The van der Waals surface area contributed by atoms with E-state index in [1.807, 2.05) is 12.1 Å². The van der Waals surface area contributed by atoms with Crippen LogP contribution in [0.1, 0.15) is 12.5 Å². The van der Waals surface area contributed by atoms with Crippen molar-refractivity contribution in [2.45, 2.75) is 13.5 Å². The summed E-state index contributed by atoms with van der Waals surface area (Å²) in [4.78, 5) is 0. The molecular formula is C11H14Br2FNO. The van der Waals surface area contributed by atoms with Crippen molar-refractivity contribution in [2.24, 2.45) is 0 Å².